The summed E-state index contributed by atoms with van der Waals surface area (Å²) in [6, 6.07) is 6.62. The molecule has 2 nitrogen and oxygen atoms in total. The Labute approximate surface area is 144 Å². The molecule has 0 fully saturated rings. The third-order valence-electron chi connectivity index (χ3n) is 2.72. The molecule has 0 aliphatic rings. The minimum Gasteiger partial charge on any atom is -0.332 e. The summed E-state index contributed by atoms with van der Waals surface area (Å²) >= 11 is 16.5. The summed E-state index contributed by atoms with van der Waals surface area (Å²) in [5, 5.41) is 5.16. The van der Waals surface area contributed by atoms with E-state index < -0.39 is 17.6 Å². The third-order valence-corrected chi connectivity index (χ3v) is 3.54. The zero-order valence-electron chi connectivity index (χ0n) is 11.1. The highest BCUT2D eigenvalue weighted by molar-refractivity contribution is 7.80. The molecule has 2 rings (SSSR count). The van der Waals surface area contributed by atoms with Crippen molar-refractivity contribution in [3.05, 3.63) is 57.8 Å². The number of rotatable bonds is 2. The molecule has 2 aromatic rings. The number of halogens is 6. The first-order valence-corrected chi connectivity index (χ1v) is 7.23. The lowest BCUT2D eigenvalue weighted by Gasteiger charge is -2.14. The Hall–Kier alpha value is -1.57. The largest absolute Gasteiger partial charge is 0.416 e. The van der Waals surface area contributed by atoms with Crippen LogP contribution in [0.2, 0.25) is 10.0 Å². The van der Waals surface area contributed by atoms with E-state index >= 15 is 0 Å². The summed E-state index contributed by atoms with van der Waals surface area (Å²) in [7, 11) is 0. The Kier molecular flexibility index (Phi) is 5.33. The van der Waals surface area contributed by atoms with Gasteiger partial charge in [0.05, 0.1) is 21.3 Å². The second-order valence-corrected chi connectivity index (χ2v) is 5.62. The molecule has 23 heavy (non-hydrogen) atoms. The highest BCUT2D eigenvalue weighted by Gasteiger charge is 2.31. The smallest absolute Gasteiger partial charge is 0.332 e. The maximum Gasteiger partial charge on any atom is 0.416 e. The van der Waals surface area contributed by atoms with Crippen LogP contribution in [0.1, 0.15) is 5.56 Å². The Balaban J connectivity index is 2.15. The van der Waals surface area contributed by atoms with Crippen LogP contribution in [-0.4, -0.2) is 5.11 Å². The molecule has 0 unspecified atom stereocenters. The molecular weight excluding hydrogens is 375 g/mol. The van der Waals surface area contributed by atoms with Crippen molar-refractivity contribution < 1.29 is 17.6 Å². The summed E-state index contributed by atoms with van der Waals surface area (Å²) in [4.78, 5) is 0. The van der Waals surface area contributed by atoms with Crippen molar-refractivity contribution in [2.24, 2.45) is 0 Å². The predicted molar refractivity (Wildman–Crippen MR) is 87.7 cm³/mol. The molecule has 0 aliphatic heterocycles. The fourth-order valence-corrected chi connectivity index (χ4v) is 2.23. The lowest BCUT2D eigenvalue weighted by molar-refractivity contribution is -0.137. The summed E-state index contributed by atoms with van der Waals surface area (Å²) < 4.78 is 51.1. The van der Waals surface area contributed by atoms with Gasteiger partial charge in [0, 0.05) is 5.69 Å². The van der Waals surface area contributed by atoms with E-state index in [1.165, 1.54) is 12.1 Å². The summed E-state index contributed by atoms with van der Waals surface area (Å²) in [6.45, 7) is 0. The fourth-order valence-electron chi connectivity index (χ4n) is 1.66. The van der Waals surface area contributed by atoms with Gasteiger partial charge in [-0.1, -0.05) is 23.2 Å². The molecule has 0 amide bonds. The lowest BCUT2D eigenvalue weighted by atomic mass is 10.2. The number of hydrogen-bond donors (Lipinski definition) is 2. The standard InChI is InChI=1S/C14H8Cl2F4N2S/c15-9-3-1-7(14(18,19)20)5-12(9)22-13(23)21-8-2-4-11(17)10(16)6-8/h1-6H,(H2,21,22,23). The van der Waals surface area contributed by atoms with Crippen molar-refractivity contribution >= 4 is 51.9 Å². The molecule has 9 heteroatoms. The molecule has 0 radical (unpaired) electrons. The van der Waals surface area contributed by atoms with Gasteiger partial charge in [-0.25, -0.2) is 4.39 Å². The highest BCUT2D eigenvalue weighted by Crippen LogP contribution is 2.33. The van der Waals surface area contributed by atoms with Gasteiger partial charge in [-0.2, -0.15) is 13.2 Å². The van der Waals surface area contributed by atoms with Crippen molar-refractivity contribution in [1.82, 2.24) is 0 Å². The lowest BCUT2D eigenvalue weighted by Crippen LogP contribution is -2.19. The van der Waals surface area contributed by atoms with E-state index in [0.29, 0.717) is 5.69 Å². The number of hydrogen-bond acceptors (Lipinski definition) is 1. The van der Waals surface area contributed by atoms with Gasteiger partial charge in [0.2, 0.25) is 0 Å². The fraction of sp³-hybridized carbons (Fsp3) is 0.0714. The maximum atomic E-state index is 13.1. The van der Waals surface area contributed by atoms with E-state index in [1.54, 1.807) is 0 Å². The molecule has 2 N–H and O–H groups in total. The van der Waals surface area contributed by atoms with Crippen LogP contribution < -0.4 is 10.6 Å². The van der Waals surface area contributed by atoms with Crippen LogP contribution >= 0.6 is 35.4 Å². The van der Waals surface area contributed by atoms with Crippen LogP contribution in [-0.2, 0) is 6.18 Å². The van der Waals surface area contributed by atoms with Crippen LogP contribution in [0.4, 0.5) is 28.9 Å². The normalized spacial score (nSPS) is 11.2. The van der Waals surface area contributed by atoms with Crippen molar-refractivity contribution in [2.75, 3.05) is 10.6 Å². The van der Waals surface area contributed by atoms with E-state index in [4.69, 9.17) is 35.4 Å². The Morgan fingerprint density at radius 1 is 0.957 bits per heavy atom. The van der Waals surface area contributed by atoms with Crippen molar-refractivity contribution in [2.45, 2.75) is 6.18 Å². The number of anilines is 2. The second-order valence-electron chi connectivity index (χ2n) is 4.40. The van der Waals surface area contributed by atoms with E-state index in [1.807, 2.05) is 0 Å². The van der Waals surface area contributed by atoms with Crippen LogP contribution in [0.5, 0.6) is 0 Å². The zero-order valence-corrected chi connectivity index (χ0v) is 13.5. The van der Waals surface area contributed by atoms with E-state index in [2.05, 4.69) is 10.6 Å². The molecular formula is C14H8Cl2F4N2S. The first-order valence-electron chi connectivity index (χ1n) is 6.06. The molecule has 0 heterocycles. The van der Waals surface area contributed by atoms with E-state index in [0.717, 1.165) is 24.3 Å². The third kappa shape index (κ3) is 4.70. The summed E-state index contributed by atoms with van der Waals surface area (Å²) in [5.41, 5.74) is -0.499. The van der Waals surface area contributed by atoms with Gasteiger partial charge in [0.25, 0.3) is 0 Å². The minimum atomic E-state index is -4.50. The SMILES string of the molecule is Fc1ccc(NC(=S)Nc2cc(C(F)(F)F)ccc2Cl)cc1Cl. The molecule has 0 saturated heterocycles. The number of benzene rings is 2. The van der Waals surface area contributed by atoms with Crippen LogP contribution in [0.3, 0.4) is 0 Å². The van der Waals surface area contributed by atoms with Crippen LogP contribution in [0.25, 0.3) is 0 Å². The van der Waals surface area contributed by atoms with Gasteiger partial charge in [0.1, 0.15) is 5.82 Å². The maximum absolute atomic E-state index is 13.1. The quantitative estimate of drug-likeness (QED) is 0.494. The molecule has 0 atom stereocenters. The molecule has 0 spiro atoms. The van der Waals surface area contributed by atoms with Gasteiger partial charge >= 0.3 is 6.18 Å². The van der Waals surface area contributed by atoms with E-state index in [9.17, 15) is 17.6 Å². The Morgan fingerprint density at radius 3 is 2.26 bits per heavy atom. The number of alkyl halides is 3. The van der Waals surface area contributed by atoms with E-state index in [-0.39, 0.29) is 20.8 Å². The molecule has 0 aliphatic carbocycles. The van der Waals surface area contributed by atoms with Gasteiger partial charge < -0.3 is 10.6 Å². The van der Waals surface area contributed by atoms with Crippen molar-refractivity contribution in [3.63, 3.8) is 0 Å². The Bertz CT molecular complexity index is 750. The summed E-state index contributed by atoms with van der Waals surface area (Å²) in [6.07, 6.45) is -4.50. The minimum absolute atomic E-state index is 0.00722. The first-order chi connectivity index (χ1) is 10.7. The monoisotopic (exact) mass is 382 g/mol. The molecule has 0 saturated carbocycles. The average Bonchev–Trinajstić information content (AvgIpc) is 2.44. The molecule has 122 valence electrons. The Morgan fingerprint density at radius 2 is 1.65 bits per heavy atom. The van der Waals surface area contributed by atoms with Crippen molar-refractivity contribution in [1.29, 1.82) is 0 Å². The van der Waals surface area contributed by atoms with Gasteiger partial charge in [0.15, 0.2) is 5.11 Å². The topological polar surface area (TPSA) is 24.1 Å². The van der Waals surface area contributed by atoms with Crippen LogP contribution in [0.15, 0.2) is 36.4 Å². The number of nitrogens with one attached hydrogen (secondary N) is 2. The number of thiocarbonyl (C=S) groups is 1. The average molecular weight is 383 g/mol. The van der Waals surface area contributed by atoms with Crippen molar-refractivity contribution in [3.8, 4) is 0 Å². The van der Waals surface area contributed by atoms with Gasteiger partial charge in [-0.3, -0.25) is 0 Å². The van der Waals surface area contributed by atoms with Gasteiger partial charge in [-0.15, -0.1) is 0 Å². The van der Waals surface area contributed by atoms with Crippen LogP contribution in [0, 0.1) is 5.82 Å². The summed E-state index contributed by atoms with van der Waals surface area (Å²) in [5.74, 6) is -0.600. The second kappa shape index (κ2) is 6.90. The molecule has 0 aromatic heterocycles. The van der Waals surface area contributed by atoms with Gasteiger partial charge in [-0.05, 0) is 48.6 Å². The highest BCUT2D eigenvalue weighted by atomic mass is 35.5. The molecule has 2 aromatic carbocycles. The zero-order chi connectivity index (χ0) is 17.2. The molecule has 0 bridgehead atoms. The first kappa shape index (κ1) is 17.8. The predicted octanol–water partition coefficient (Wildman–Crippen LogP) is 5.96.